The third kappa shape index (κ3) is 2.80. The van der Waals surface area contributed by atoms with E-state index < -0.39 is 5.97 Å². The van der Waals surface area contributed by atoms with Gasteiger partial charge in [0.15, 0.2) is 0 Å². The van der Waals surface area contributed by atoms with E-state index in [2.05, 4.69) is 16.7 Å². The van der Waals surface area contributed by atoms with E-state index in [1.165, 1.54) is 32.4 Å². The van der Waals surface area contributed by atoms with Crippen LogP contribution in [0.3, 0.4) is 0 Å². The number of nitrogens with zero attached hydrogens (tertiary/aromatic N) is 2. The topological polar surface area (TPSA) is 43.8 Å². The minimum atomic E-state index is -0.676. The summed E-state index contributed by atoms with van der Waals surface area (Å²) < 4.78 is 0. The van der Waals surface area contributed by atoms with Crippen LogP contribution in [-0.4, -0.2) is 59.1 Å². The second-order valence-corrected chi connectivity index (χ2v) is 5.55. The van der Waals surface area contributed by atoms with Crippen molar-refractivity contribution in [2.45, 2.75) is 45.2 Å². The second-order valence-electron chi connectivity index (χ2n) is 5.55. The second kappa shape index (κ2) is 5.36. The Kier molecular flexibility index (Phi) is 4.05. The van der Waals surface area contributed by atoms with Gasteiger partial charge in [-0.1, -0.05) is 6.92 Å². The van der Waals surface area contributed by atoms with Crippen LogP contribution in [0.25, 0.3) is 0 Å². The minimum Gasteiger partial charge on any atom is -0.481 e. The Morgan fingerprint density at radius 1 is 1.24 bits per heavy atom. The Hall–Kier alpha value is -0.610. The van der Waals surface area contributed by atoms with Gasteiger partial charge >= 0.3 is 5.97 Å². The van der Waals surface area contributed by atoms with E-state index in [9.17, 15) is 4.79 Å². The summed E-state index contributed by atoms with van der Waals surface area (Å²) >= 11 is 0. The summed E-state index contributed by atoms with van der Waals surface area (Å²) in [5, 5.41) is 9.10. The minimum absolute atomic E-state index is 0.146. The molecule has 0 amide bonds. The molecule has 98 valence electrons. The highest BCUT2D eigenvalue weighted by atomic mass is 16.4. The van der Waals surface area contributed by atoms with Crippen molar-refractivity contribution in [2.24, 2.45) is 5.92 Å². The Morgan fingerprint density at radius 3 is 2.65 bits per heavy atom. The van der Waals surface area contributed by atoms with Crippen LogP contribution in [0.2, 0.25) is 0 Å². The number of carboxylic acid groups (broad SMARTS) is 1. The van der Waals surface area contributed by atoms with Crippen molar-refractivity contribution in [3.8, 4) is 0 Å². The molecule has 4 heteroatoms. The van der Waals surface area contributed by atoms with Crippen molar-refractivity contribution in [3.05, 3.63) is 0 Å². The number of rotatable bonds is 3. The van der Waals surface area contributed by atoms with Crippen molar-refractivity contribution >= 4 is 5.97 Å². The maximum absolute atomic E-state index is 11.1. The molecule has 0 spiro atoms. The largest absolute Gasteiger partial charge is 0.481 e. The average molecular weight is 240 g/mol. The molecule has 0 radical (unpaired) electrons. The Labute approximate surface area is 104 Å². The molecule has 0 aromatic heterocycles. The highest BCUT2D eigenvalue weighted by Gasteiger charge is 2.33. The molecule has 1 N–H and O–H groups in total. The molecule has 2 saturated heterocycles. The van der Waals surface area contributed by atoms with Crippen LogP contribution >= 0.6 is 0 Å². The number of hydrogen-bond donors (Lipinski definition) is 1. The maximum atomic E-state index is 11.1. The summed E-state index contributed by atoms with van der Waals surface area (Å²) in [5.41, 5.74) is 0. The van der Waals surface area contributed by atoms with Gasteiger partial charge in [0, 0.05) is 18.6 Å². The summed E-state index contributed by atoms with van der Waals surface area (Å²) in [6.07, 6.45) is 3.76. The van der Waals surface area contributed by atoms with Gasteiger partial charge in [0.25, 0.3) is 0 Å². The molecule has 2 rings (SSSR count). The van der Waals surface area contributed by atoms with Crippen LogP contribution in [0, 0.1) is 5.92 Å². The van der Waals surface area contributed by atoms with Crippen LogP contribution in [0.4, 0.5) is 0 Å². The first-order chi connectivity index (χ1) is 8.09. The zero-order valence-electron chi connectivity index (χ0n) is 10.9. The first kappa shape index (κ1) is 12.8. The molecule has 0 saturated carbocycles. The van der Waals surface area contributed by atoms with Gasteiger partial charge in [0.2, 0.25) is 0 Å². The fourth-order valence-corrected chi connectivity index (χ4v) is 3.13. The molecule has 3 atom stereocenters. The van der Waals surface area contributed by atoms with Crippen LogP contribution in [0.15, 0.2) is 0 Å². The van der Waals surface area contributed by atoms with Gasteiger partial charge < -0.3 is 5.11 Å². The van der Waals surface area contributed by atoms with Crippen LogP contribution in [0.5, 0.6) is 0 Å². The SMILES string of the molecule is CC(C(=O)O)C(C)N1CCCN2CCCC2C1. The number of carboxylic acids is 1. The van der Waals surface area contributed by atoms with Crippen molar-refractivity contribution < 1.29 is 9.90 Å². The van der Waals surface area contributed by atoms with Gasteiger partial charge in [-0.05, 0) is 45.8 Å². The van der Waals surface area contributed by atoms with E-state index in [1.54, 1.807) is 0 Å². The standard InChI is InChI=1S/C13H24N2O2/c1-10(13(16)17)11(2)15-8-4-7-14-6-3-5-12(14)9-15/h10-12H,3-9H2,1-2H3,(H,16,17). The third-order valence-corrected chi connectivity index (χ3v) is 4.52. The summed E-state index contributed by atoms with van der Waals surface area (Å²) in [7, 11) is 0. The monoisotopic (exact) mass is 240 g/mol. The third-order valence-electron chi connectivity index (χ3n) is 4.52. The zero-order valence-corrected chi connectivity index (χ0v) is 10.9. The number of fused-ring (bicyclic) bond motifs is 1. The van der Waals surface area contributed by atoms with E-state index in [4.69, 9.17) is 5.11 Å². The number of carbonyl (C=O) groups is 1. The maximum Gasteiger partial charge on any atom is 0.307 e. The Morgan fingerprint density at radius 2 is 1.94 bits per heavy atom. The fraction of sp³-hybridized carbons (Fsp3) is 0.923. The number of aliphatic carboxylic acids is 1. The van der Waals surface area contributed by atoms with Crippen molar-refractivity contribution in [1.82, 2.24) is 9.80 Å². The average Bonchev–Trinajstić information content (AvgIpc) is 2.64. The Bertz CT molecular complexity index is 283. The highest BCUT2D eigenvalue weighted by molar-refractivity contribution is 5.70. The highest BCUT2D eigenvalue weighted by Crippen LogP contribution is 2.24. The van der Waals surface area contributed by atoms with Gasteiger partial charge in [0.05, 0.1) is 5.92 Å². The molecule has 2 aliphatic heterocycles. The number of hydrogen-bond acceptors (Lipinski definition) is 3. The van der Waals surface area contributed by atoms with E-state index in [0.717, 1.165) is 13.1 Å². The lowest BCUT2D eigenvalue weighted by Gasteiger charge is -2.32. The predicted octanol–water partition coefficient (Wildman–Crippen LogP) is 1.27. The fourth-order valence-electron chi connectivity index (χ4n) is 3.13. The lowest BCUT2D eigenvalue weighted by molar-refractivity contribution is -0.143. The zero-order chi connectivity index (χ0) is 12.4. The van der Waals surface area contributed by atoms with E-state index >= 15 is 0 Å². The van der Waals surface area contributed by atoms with Gasteiger partial charge in [-0.2, -0.15) is 0 Å². The summed E-state index contributed by atoms with van der Waals surface area (Å²) in [4.78, 5) is 16.0. The summed E-state index contributed by atoms with van der Waals surface area (Å²) in [6, 6.07) is 0.814. The molecule has 2 heterocycles. The van der Waals surface area contributed by atoms with Crippen molar-refractivity contribution in [2.75, 3.05) is 26.2 Å². The van der Waals surface area contributed by atoms with Crippen LogP contribution in [-0.2, 0) is 4.79 Å². The molecule has 2 fully saturated rings. The van der Waals surface area contributed by atoms with Gasteiger partial charge in [-0.15, -0.1) is 0 Å². The first-order valence-electron chi connectivity index (χ1n) is 6.80. The predicted molar refractivity (Wildman–Crippen MR) is 67.0 cm³/mol. The summed E-state index contributed by atoms with van der Waals surface area (Å²) in [6.45, 7) is 8.41. The van der Waals surface area contributed by atoms with Crippen LogP contribution in [0.1, 0.15) is 33.1 Å². The van der Waals surface area contributed by atoms with Crippen LogP contribution < -0.4 is 0 Å². The molecule has 0 aromatic rings. The molecule has 0 aliphatic carbocycles. The smallest absolute Gasteiger partial charge is 0.307 e. The van der Waals surface area contributed by atoms with E-state index in [0.29, 0.717) is 6.04 Å². The molecule has 17 heavy (non-hydrogen) atoms. The summed E-state index contributed by atoms with van der Waals surface area (Å²) in [5.74, 6) is -0.951. The van der Waals surface area contributed by atoms with E-state index in [1.807, 2.05) is 6.92 Å². The Balaban J connectivity index is 1.98. The molecule has 0 aromatic carbocycles. The molecule has 2 aliphatic rings. The van der Waals surface area contributed by atoms with Gasteiger partial charge in [-0.3, -0.25) is 14.6 Å². The molecular formula is C13H24N2O2. The normalized spacial score (nSPS) is 30.6. The molecule has 0 bridgehead atoms. The molecule has 3 unspecified atom stereocenters. The quantitative estimate of drug-likeness (QED) is 0.806. The lowest BCUT2D eigenvalue weighted by atomic mass is 10.0. The van der Waals surface area contributed by atoms with Crippen molar-refractivity contribution in [3.63, 3.8) is 0 Å². The van der Waals surface area contributed by atoms with Crippen molar-refractivity contribution in [1.29, 1.82) is 0 Å². The van der Waals surface area contributed by atoms with Gasteiger partial charge in [-0.25, -0.2) is 0 Å². The molecular weight excluding hydrogens is 216 g/mol. The van der Waals surface area contributed by atoms with Gasteiger partial charge in [0.1, 0.15) is 0 Å². The molecule has 4 nitrogen and oxygen atoms in total. The lowest BCUT2D eigenvalue weighted by Crippen LogP contribution is -2.45. The first-order valence-corrected chi connectivity index (χ1v) is 6.80. The van der Waals surface area contributed by atoms with E-state index in [-0.39, 0.29) is 12.0 Å².